The van der Waals surface area contributed by atoms with Crippen molar-refractivity contribution in [1.82, 2.24) is 5.43 Å². The van der Waals surface area contributed by atoms with Gasteiger partial charge in [0.25, 0.3) is 0 Å². The van der Waals surface area contributed by atoms with E-state index in [1.54, 1.807) is 6.08 Å². The van der Waals surface area contributed by atoms with E-state index in [-0.39, 0.29) is 0 Å². The van der Waals surface area contributed by atoms with Crippen molar-refractivity contribution in [2.45, 2.75) is 0 Å². The maximum atomic E-state index is 4.87. The number of hydrogen-bond acceptors (Lipinski definition) is 2. The van der Waals surface area contributed by atoms with E-state index in [1.807, 2.05) is 0 Å². The molecule has 0 aromatic heterocycles. The third-order valence-electron chi connectivity index (χ3n) is 0.364. The average molecular weight is 84.1 g/mol. The zero-order valence-corrected chi connectivity index (χ0v) is 3.57. The summed E-state index contributed by atoms with van der Waals surface area (Å²) >= 11 is 0. The van der Waals surface area contributed by atoms with Gasteiger partial charge in [0.2, 0.25) is 0 Å². The first-order valence-corrected chi connectivity index (χ1v) is 1.69. The summed E-state index contributed by atoms with van der Waals surface area (Å²) in [5, 5.41) is 0. The van der Waals surface area contributed by atoms with Gasteiger partial charge in [0.05, 0.1) is 0 Å². The molecule has 2 nitrogen and oxygen atoms in total. The van der Waals surface area contributed by atoms with Gasteiger partial charge in [0.1, 0.15) is 0 Å². The predicted octanol–water partition coefficient (Wildman–Crippen LogP) is -0.209. The lowest BCUT2D eigenvalue weighted by Gasteiger charge is -1.80. The summed E-state index contributed by atoms with van der Waals surface area (Å²) in [6.45, 7) is 3.96. The fraction of sp³-hybridized carbons (Fsp3) is 0.250. The largest absolute Gasteiger partial charge is 0.271 e. The topological polar surface area (TPSA) is 38.0 Å². The summed E-state index contributed by atoms with van der Waals surface area (Å²) in [5.74, 6) is 4.87. The molecule has 2 heteroatoms. The Labute approximate surface area is 37.3 Å². The van der Waals surface area contributed by atoms with Crippen molar-refractivity contribution in [1.29, 1.82) is 0 Å². The molecular weight excluding hydrogens is 76.1 g/mol. The van der Waals surface area contributed by atoms with E-state index in [0.717, 1.165) is 0 Å². The molecule has 0 heterocycles. The first-order valence-electron chi connectivity index (χ1n) is 1.69. The van der Waals surface area contributed by atoms with Crippen molar-refractivity contribution in [2.75, 3.05) is 6.54 Å². The van der Waals surface area contributed by atoms with Gasteiger partial charge in [0, 0.05) is 6.54 Å². The second-order valence-corrected chi connectivity index (χ2v) is 0.816. The van der Waals surface area contributed by atoms with Crippen LogP contribution in [-0.4, -0.2) is 6.54 Å². The van der Waals surface area contributed by atoms with Gasteiger partial charge >= 0.3 is 0 Å². The van der Waals surface area contributed by atoms with Crippen LogP contribution in [0, 0.1) is 0 Å². The van der Waals surface area contributed by atoms with Gasteiger partial charge in [0.15, 0.2) is 0 Å². The highest BCUT2D eigenvalue weighted by Gasteiger charge is 1.59. The van der Waals surface area contributed by atoms with Crippen LogP contribution < -0.4 is 11.3 Å². The van der Waals surface area contributed by atoms with E-state index in [2.05, 4.69) is 17.7 Å². The number of nitrogens with two attached hydrogens (primary N) is 1. The van der Waals surface area contributed by atoms with E-state index in [4.69, 9.17) is 5.84 Å². The maximum absolute atomic E-state index is 4.87. The molecule has 0 spiro atoms. The van der Waals surface area contributed by atoms with Crippen molar-refractivity contribution in [3.8, 4) is 0 Å². The van der Waals surface area contributed by atoms with E-state index in [9.17, 15) is 0 Å². The third-order valence-corrected chi connectivity index (χ3v) is 0.364. The highest BCUT2D eigenvalue weighted by Crippen LogP contribution is 1.52. The summed E-state index contributed by atoms with van der Waals surface area (Å²) < 4.78 is 0. The fourth-order valence-electron chi connectivity index (χ4n) is 0.131. The summed E-state index contributed by atoms with van der Waals surface area (Å²) in [5.41, 5.74) is 4.96. The lowest BCUT2D eigenvalue weighted by Crippen LogP contribution is -2.20. The fourth-order valence-corrected chi connectivity index (χ4v) is 0.131. The minimum Gasteiger partial charge on any atom is -0.271 e. The molecule has 0 fully saturated rings. The predicted molar refractivity (Wildman–Crippen MR) is 25.9 cm³/mol. The molecule has 0 saturated heterocycles. The van der Waals surface area contributed by atoms with Crippen LogP contribution in [0.15, 0.2) is 18.4 Å². The summed E-state index contributed by atoms with van der Waals surface area (Å²) in [4.78, 5) is 0. The van der Waals surface area contributed by atoms with Gasteiger partial charge in [-0.2, -0.15) is 0 Å². The van der Waals surface area contributed by atoms with Gasteiger partial charge in [-0.1, -0.05) is 6.58 Å². The molecule has 0 aromatic rings. The second-order valence-electron chi connectivity index (χ2n) is 0.816. The zero-order chi connectivity index (χ0) is 4.83. The monoisotopic (exact) mass is 84.1 g/mol. The van der Waals surface area contributed by atoms with E-state index in [1.165, 1.54) is 0 Å². The quantitative estimate of drug-likeness (QED) is 0.276. The first-order chi connectivity index (χ1) is 2.91. The smallest absolute Gasteiger partial charge is 0.0353 e. The summed E-state index contributed by atoms with van der Waals surface area (Å²) in [6, 6.07) is 0. The Hall–Kier alpha value is -0.560. The molecule has 0 atom stereocenters. The van der Waals surface area contributed by atoms with E-state index < -0.39 is 0 Å². The van der Waals surface area contributed by atoms with Crippen LogP contribution in [0.1, 0.15) is 0 Å². The van der Waals surface area contributed by atoms with Crippen LogP contribution in [0.4, 0.5) is 0 Å². The summed E-state index contributed by atoms with van der Waals surface area (Å²) in [6.07, 6.45) is 1.71. The molecule has 0 radical (unpaired) electrons. The number of hydrazine groups is 1. The third kappa shape index (κ3) is 3.44. The molecule has 0 rings (SSSR count). The van der Waals surface area contributed by atoms with Crippen molar-refractivity contribution in [3.63, 3.8) is 0 Å². The van der Waals surface area contributed by atoms with Crippen molar-refractivity contribution in [3.05, 3.63) is 18.4 Å². The molecule has 0 bridgehead atoms. The Morgan fingerprint density at radius 2 is 2.67 bits per heavy atom. The van der Waals surface area contributed by atoms with Gasteiger partial charge in [-0.25, -0.2) is 0 Å². The van der Waals surface area contributed by atoms with Crippen LogP contribution in [0.5, 0.6) is 0 Å². The highest BCUT2D eigenvalue weighted by molar-refractivity contribution is 4.76. The van der Waals surface area contributed by atoms with Crippen LogP contribution in [0.25, 0.3) is 0 Å². The minimum absolute atomic E-state index is 0.642. The molecule has 0 aromatic carbocycles. The van der Waals surface area contributed by atoms with Gasteiger partial charge in [-0.15, -0.1) is 5.73 Å². The SMILES string of the molecule is C=C=CCNN. The van der Waals surface area contributed by atoms with Crippen molar-refractivity contribution in [2.24, 2.45) is 5.84 Å². The number of rotatable bonds is 2. The first kappa shape index (κ1) is 5.44. The zero-order valence-electron chi connectivity index (χ0n) is 3.57. The molecule has 0 aliphatic heterocycles. The van der Waals surface area contributed by atoms with Gasteiger partial charge < -0.3 is 0 Å². The molecule has 0 unspecified atom stereocenters. The molecular formula is C4H8N2. The number of hydrogen-bond donors (Lipinski definition) is 2. The normalized spacial score (nSPS) is 6.83. The van der Waals surface area contributed by atoms with Crippen molar-refractivity contribution >= 4 is 0 Å². The minimum atomic E-state index is 0.642. The lowest BCUT2D eigenvalue weighted by molar-refractivity contribution is 0.824. The second kappa shape index (κ2) is 4.44. The van der Waals surface area contributed by atoms with Crippen LogP contribution in [0.2, 0.25) is 0 Å². The van der Waals surface area contributed by atoms with Crippen molar-refractivity contribution < 1.29 is 0 Å². The number of nitrogens with one attached hydrogen (secondary N) is 1. The summed E-state index contributed by atoms with van der Waals surface area (Å²) in [7, 11) is 0. The van der Waals surface area contributed by atoms with Crippen LogP contribution in [-0.2, 0) is 0 Å². The molecule has 0 amide bonds. The van der Waals surface area contributed by atoms with E-state index >= 15 is 0 Å². The highest BCUT2D eigenvalue weighted by atomic mass is 15.2. The maximum Gasteiger partial charge on any atom is 0.0353 e. The lowest BCUT2D eigenvalue weighted by atomic mass is 10.6. The molecule has 34 valence electrons. The molecule has 0 aliphatic carbocycles. The van der Waals surface area contributed by atoms with Gasteiger partial charge in [-0.05, 0) is 6.08 Å². The van der Waals surface area contributed by atoms with Crippen LogP contribution in [0.3, 0.4) is 0 Å². The molecule has 0 aliphatic rings. The Morgan fingerprint density at radius 1 is 2.00 bits per heavy atom. The van der Waals surface area contributed by atoms with E-state index in [0.29, 0.717) is 6.54 Å². The Morgan fingerprint density at radius 3 is 2.83 bits per heavy atom. The average Bonchev–Trinajstić information content (AvgIpc) is 1.61. The Kier molecular flexibility index (Phi) is 4.03. The van der Waals surface area contributed by atoms with Crippen LogP contribution >= 0.6 is 0 Å². The Bertz CT molecular complexity index is 61.9. The molecule has 6 heavy (non-hydrogen) atoms. The standard InChI is InChI=1S/C4H8N2/c1-2-3-4-6-5/h3,6H,1,4-5H2. The Balaban J connectivity index is 2.86. The molecule has 3 N–H and O–H groups in total. The molecule has 0 saturated carbocycles. The van der Waals surface area contributed by atoms with Gasteiger partial charge in [-0.3, -0.25) is 11.3 Å².